The van der Waals surface area contributed by atoms with Gasteiger partial charge in [-0.25, -0.2) is 9.97 Å². The zero-order valence-corrected chi connectivity index (χ0v) is 14.7. The van der Waals surface area contributed by atoms with Crippen LogP contribution in [-0.4, -0.2) is 44.3 Å². The van der Waals surface area contributed by atoms with Crippen molar-refractivity contribution >= 4 is 5.91 Å². The number of para-hydroxylation sites is 1. The van der Waals surface area contributed by atoms with Gasteiger partial charge in [-0.1, -0.05) is 18.2 Å². The molecule has 1 aromatic carbocycles. The summed E-state index contributed by atoms with van der Waals surface area (Å²) in [6.07, 6.45) is 2.68. The van der Waals surface area contributed by atoms with E-state index in [0.29, 0.717) is 30.9 Å². The van der Waals surface area contributed by atoms with E-state index in [1.54, 1.807) is 11.8 Å². The summed E-state index contributed by atoms with van der Waals surface area (Å²) in [6.45, 7) is 0.544. The van der Waals surface area contributed by atoms with E-state index in [4.69, 9.17) is 4.74 Å². The SMILES string of the molecule is COc1ccccc1[C@H]1CNC(=O)c2nc(Cc3ncnn3C)[nH]c2C1. The highest BCUT2D eigenvalue weighted by molar-refractivity contribution is 5.94. The van der Waals surface area contributed by atoms with Gasteiger partial charge in [-0.15, -0.1) is 0 Å². The second-order valence-corrected chi connectivity index (χ2v) is 6.34. The van der Waals surface area contributed by atoms with Crippen LogP contribution in [-0.2, 0) is 19.9 Å². The predicted molar refractivity (Wildman–Crippen MR) is 94.2 cm³/mol. The average molecular weight is 352 g/mol. The number of H-pyrrole nitrogens is 1. The largest absolute Gasteiger partial charge is 0.496 e. The van der Waals surface area contributed by atoms with Crippen molar-refractivity contribution in [3.05, 3.63) is 59.2 Å². The fraction of sp³-hybridized carbons (Fsp3) is 0.333. The lowest BCUT2D eigenvalue weighted by atomic mass is 9.93. The van der Waals surface area contributed by atoms with E-state index in [1.807, 2.05) is 31.3 Å². The Morgan fingerprint density at radius 3 is 2.96 bits per heavy atom. The quantitative estimate of drug-likeness (QED) is 0.735. The summed E-state index contributed by atoms with van der Waals surface area (Å²) < 4.78 is 7.19. The van der Waals surface area contributed by atoms with E-state index < -0.39 is 0 Å². The fourth-order valence-electron chi connectivity index (χ4n) is 3.35. The molecule has 0 fully saturated rings. The molecule has 8 nitrogen and oxygen atoms in total. The zero-order valence-electron chi connectivity index (χ0n) is 14.7. The molecule has 26 heavy (non-hydrogen) atoms. The zero-order chi connectivity index (χ0) is 18.1. The van der Waals surface area contributed by atoms with E-state index in [1.165, 1.54) is 6.33 Å². The van der Waals surface area contributed by atoms with E-state index in [0.717, 1.165) is 22.8 Å². The van der Waals surface area contributed by atoms with Gasteiger partial charge in [0.05, 0.1) is 13.5 Å². The number of rotatable bonds is 4. The smallest absolute Gasteiger partial charge is 0.271 e. The minimum atomic E-state index is -0.155. The second-order valence-electron chi connectivity index (χ2n) is 6.34. The number of carbonyl (C=O) groups is 1. The summed E-state index contributed by atoms with van der Waals surface area (Å²) in [5.41, 5.74) is 2.38. The van der Waals surface area contributed by atoms with Gasteiger partial charge in [0, 0.05) is 25.2 Å². The van der Waals surface area contributed by atoms with Crippen LogP contribution in [0.1, 0.15) is 39.3 Å². The van der Waals surface area contributed by atoms with Crippen molar-refractivity contribution in [1.82, 2.24) is 30.0 Å². The number of aromatic nitrogens is 5. The number of carbonyl (C=O) groups excluding carboxylic acids is 1. The molecule has 134 valence electrons. The highest BCUT2D eigenvalue weighted by Crippen LogP contribution is 2.30. The molecule has 1 atom stereocenters. The van der Waals surface area contributed by atoms with Gasteiger partial charge >= 0.3 is 0 Å². The molecule has 0 bridgehead atoms. The fourth-order valence-corrected chi connectivity index (χ4v) is 3.35. The number of methoxy groups -OCH3 is 1. The molecule has 8 heteroatoms. The van der Waals surface area contributed by atoms with Crippen LogP contribution in [0.3, 0.4) is 0 Å². The number of hydrogen-bond donors (Lipinski definition) is 2. The summed E-state index contributed by atoms with van der Waals surface area (Å²) in [4.78, 5) is 24.5. The summed E-state index contributed by atoms with van der Waals surface area (Å²) in [6, 6.07) is 7.91. The Morgan fingerprint density at radius 1 is 1.35 bits per heavy atom. The van der Waals surface area contributed by atoms with Crippen molar-refractivity contribution in [2.45, 2.75) is 18.8 Å². The number of amides is 1. The van der Waals surface area contributed by atoms with Gasteiger partial charge in [-0.3, -0.25) is 9.48 Å². The van der Waals surface area contributed by atoms with E-state index in [2.05, 4.69) is 25.4 Å². The van der Waals surface area contributed by atoms with Crippen LogP contribution in [0.15, 0.2) is 30.6 Å². The van der Waals surface area contributed by atoms with Gasteiger partial charge in [0.1, 0.15) is 29.4 Å². The molecular formula is C18H20N6O2. The predicted octanol–water partition coefficient (Wildman–Crippen LogP) is 1.21. The van der Waals surface area contributed by atoms with Crippen LogP contribution < -0.4 is 10.1 Å². The number of hydrogen-bond acceptors (Lipinski definition) is 5. The van der Waals surface area contributed by atoms with Crippen molar-refractivity contribution < 1.29 is 9.53 Å². The molecular weight excluding hydrogens is 332 g/mol. The Morgan fingerprint density at radius 2 is 2.19 bits per heavy atom. The Balaban J connectivity index is 1.64. The van der Waals surface area contributed by atoms with Gasteiger partial charge in [-0.2, -0.15) is 5.10 Å². The minimum absolute atomic E-state index is 0.111. The third-order valence-corrected chi connectivity index (χ3v) is 4.71. The number of imidazole rings is 1. The molecule has 1 amide bonds. The summed E-state index contributed by atoms with van der Waals surface area (Å²) in [7, 11) is 3.50. The number of ether oxygens (including phenoxy) is 1. The molecule has 1 aliphatic rings. The Labute approximate surface area is 150 Å². The number of fused-ring (bicyclic) bond motifs is 1. The molecule has 0 unspecified atom stereocenters. The standard InChI is InChI=1S/C18H20N6O2/c1-24-16(20-10-21-24)8-15-22-13-7-11(9-19-18(25)17(13)23-15)12-5-3-4-6-14(12)26-2/h3-6,10-11H,7-9H2,1-2H3,(H,19,25)(H,22,23)/t11-/m1/s1. The first-order valence-electron chi connectivity index (χ1n) is 8.47. The van der Waals surface area contributed by atoms with Crippen molar-refractivity contribution in [3.8, 4) is 5.75 Å². The van der Waals surface area contributed by atoms with Crippen LogP contribution in [0.4, 0.5) is 0 Å². The summed E-state index contributed by atoms with van der Waals surface area (Å²) in [5.74, 6) is 2.28. The second kappa shape index (κ2) is 6.62. The number of aromatic amines is 1. The number of nitrogens with one attached hydrogen (secondary N) is 2. The highest BCUT2D eigenvalue weighted by Gasteiger charge is 2.27. The maximum atomic E-state index is 12.5. The van der Waals surface area contributed by atoms with Crippen LogP contribution in [0, 0.1) is 0 Å². The molecule has 3 aromatic rings. The summed E-state index contributed by atoms with van der Waals surface area (Å²) >= 11 is 0. The van der Waals surface area contributed by atoms with Gasteiger partial charge in [0.15, 0.2) is 0 Å². The van der Waals surface area contributed by atoms with E-state index >= 15 is 0 Å². The van der Waals surface area contributed by atoms with Crippen LogP contribution >= 0.6 is 0 Å². The van der Waals surface area contributed by atoms with Crippen molar-refractivity contribution in [3.63, 3.8) is 0 Å². The first kappa shape index (κ1) is 16.3. The number of benzene rings is 1. The lowest BCUT2D eigenvalue weighted by molar-refractivity contribution is 0.0950. The lowest BCUT2D eigenvalue weighted by Crippen LogP contribution is -2.26. The monoisotopic (exact) mass is 352 g/mol. The Hall–Kier alpha value is -3.16. The summed E-state index contributed by atoms with van der Waals surface area (Å²) in [5, 5.41) is 7.04. The van der Waals surface area contributed by atoms with E-state index in [-0.39, 0.29) is 11.8 Å². The first-order valence-corrected chi connectivity index (χ1v) is 8.47. The highest BCUT2D eigenvalue weighted by atomic mass is 16.5. The maximum absolute atomic E-state index is 12.5. The molecule has 3 heterocycles. The van der Waals surface area contributed by atoms with Crippen LogP contribution in [0.5, 0.6) is 5.75 Å². The molecule has 0 aliphatic carbocycles. The molecule has 0 saturated heterocycles. The van der Waals surface area contributed by atoms with Crippen molar-refractivity contribution in [2.24, 2.45) is 7.05 Å². The molecule has 1 aliphatic heterocycles. The molecule has 2 N–H and O–H groups in total. The Kier molecular flexibility index (Phi) is 4.16. The van der Waals surface area contributed by atoms with Crippen molar-refractivity contribution in [2.75, 3.05) is 13.7 Å². The average Bonchev–Trinajstić information content (AvgIpc) is 3.21. The molecule has 4 rings (SSSR count). The van der Waals surface area contributed by atoms with Crippen LogP contribution in [0.2, 0.25) is 0 Å². The molecule has 0 saturated carbocycles. The van der Waals surface area contributed by atoms with Gasteiger partial charge in [0.25, 0.3) is 5.91 Å². The van der Waals surface area contributed by atoms with Gasteiger partial charge in [0.2, 0.25) is 0 Å². The maximum Gasteiger partial charge on any atom is 0.271 e. The van der Waals surface area contributed by atoms with Gasteiger partial charge < -0.3 is 15.0 Å². The minimum Gasteiger partial charge on any atom is -0.496 e. The molecule has 0 radical (unpaired) electrons. The lowest BCUT2D eigenvalue weighted by Gasteiger charge is -2.17. The first-order chi connectivity index (χ1) is 12.7. The number of aryl methyl sites for hydroxylation is 1. The van der Waals surface area contributed by atoms with Gasteiger partial charge in [-0.05, 0) is 18.1 Å². The third-order valence-electron chi connectivity index (χ3n) is 4.71. The van der Waals surface area contributed by atoms with Crippen LogP contribution in [0.25, 0.3) is 0 Å². The molecule has 0 spiro atoms. The Bertz CT molecular complexity index is 945. The third kappa shape index (κ3) is 2.94. The van der Waals surface area contributed by atoms with E-state index in [9.17, 15) is 4.79 Å². The number of nitrogens with zero attached hydrogens (tertiary/aromatic N) is 4. The molecule has 2 aromatic heterocycles. The van der Waals surface area contributed by atoms with Crippen molar-refractivity contribution in [1.29, 1.82) is 0 Å². The normalized spacial score (nSPS) is 16.7. The topological polar surface area (TPSA) is 97.7 Å².